The number of benzene rings is 1. The van der Waals surface area contributed by atoms with E-state index < -0.39 is 5.41 Å². The molecule has 5 heteroatoms. The van der Waals surface area contributed by atoms with E-state index in [4.69, 9.17) is 4.52 Å². The molecule has 1 amide bonds. The molecule has 1 unspecified atom stereocenters. The van der Waals surface area contributed by atoms with Gasteiger partial charge >= 0.3 is 0 Å². The van der Waals surface area contributed by atoms with Crippen molar-refractivity contribution >= 4 is 5.91 Å². The summed E-state index contributed by atoms with van der Waals surface area (Å²) in [5.74, 6) is 0.143. The molecule has 1 aromatic heterocycles. The van der Waals surface area contributed by atoms with Gasteiger partial charge in [0.2, 0.25) is 5.91 Å². The zero-order chi connectivity index (χ0) is 15.7. The number of hydrogen-bond acceptors (Lipinski definition) is 3. The van der Waals surface area contributed by atoms with Crippen LogP contribution in [0.15, 0.2) is 34.9 Å². The van der Waals surface area contributed by atoms with Gasteiger partial charge in [-0.25, -0.2) is 4.39 Å². The van der Waals surface area contributed by atoms with Crippen LogP contribution in [0.2, 0.25) is 0 Å². The van der Waals surface area contributed by atoms with Crippen LogP contribution in [-0.2, 0) is 16.6 Å². The Bertz CT molecular complexity index is 691. The smallest absolute Gasteiger partial charge is 0.231 e. The predicted octanol–water partition coefficient (Wildman–Crippen LogP) is 3.29. The summed E-state index contributed by atoms with van der Waals surface area (Å²) in [5, 5.41) is 6.85. The fraction of sp³-hybridized carbons (Fsp3) is 0.412. The summed E-state index contributed by atoms with van der Waals surface area (Å²) in [5.41, 5.74) is 0.602. The highest BCUT2D eigenvalue weighted by Crippen LogP contribution is 2.49. The lowest BCUT2D eigenvalue weighted by Crippen LogP contribution is -2.36. The predicted molar refractivity (Wildman–Crippen MR) is 79.8 cm³/mol. The van der Waals surface area contributed by atoms with Crippen molar-refractivity contribution in [1.82, 2.24) is 10.5 Å². The van der Waals surface area contributed by atoms with Crippen LogP contribution >= 0.6 is 0 Å². The minimum Gasteiger partial charge on any atom is -0.359 e. The molecule has 2 aromatic rings. The zero-order valence-electron chi connectivity index (χ0n) is 12.7. The quantitative estimate of drug-likeness (QED) is 0.922. The van der Waals surface area contributed by atoms with E-state index in [0.29, 0.717) is 24.2 Å². The molecule has 0 aliphatic heterocycles. The summed E-state index contributed by atoms with van der Waals surface area (Å²) < 4.78 is 19.2. The van der Waals surface area contributed by atoms with E-state index in [1.54, 1.807) is 18.2 Å². The minimum absolute atomic E-state index is 0.153. The number of hydrogen-bond donors (Lipinski definition) is 1. The van der Waals surface area contributed by atoms with Crippen LogP contribution in [0.25, 0.3) is 0 Å². The summed E-state index contributed by atoms with van der Waals surface area (Å²) in [6.07, 6.45) is 2.12. The van der Waals surface area contributed by atoms with Crippen LogP contribution in [0, 0.1) is 5.82 Å². The Labute approximate surface area is 128 Å². The Morgan fingerprint density at radius 1 is 1.45 bits per heavy atom. The molecule has 116 valence electrons. The van der Waals surface area contributed by atoms with Gasteiger partial charge in [-0.15, -0.1) is 0 Å². The number of aryl methyl sites for hydroxylation is 1. The first-order chi connectivity index (χ1) is 10.6. The number of carbonyl (C=O) groups excluding carboxylic acids is 1. The molecule has 1 atom stereocenters. The van der Waals surface area contributed by atoms with Crippen LogP contribution in [0.5, 0.6) is 0 Å². The van der Waals surface area contributed by atoms with Gasteiger partial charge in [0.05, 0.1) is 17.2 Å². The minimum atomic E-state index is -0.729. The second kappa shape index (κ2) is 5.55. The van der Waals surface area contributed by atoms with Gasteiger partial charge in [-0.2, -0.15) is 0 Å². The van der Waals surface area contributed by atoms with Crippen molar-refractivity contribution in [2.24, 2.45) is 0 Å². The maximum Gasteiger partial charge on any atom is 0.231 e. The van der Waals surface area contributed by atoms with Gasteiger partial charge in [0, 0.05) is 11.6 Å². The Morgan fingerprint density at radius 3 is 2.77 bits per heavy atom. The molecule has 1 aliphatic carbocycles. The molecule has 22 heavy (non-hydrogen) atoms. The van der Waals surface area contributed by atoms with E-state index in [1.807, 2.05) is 19.9 Å². The van der Waals surface area contributed by atoms with Crippen molar-refractivity contribution in [3.8, 4) is 0 Å². The van der Waals surface area contributed by atoms with Crippen molar-refractivity contribution in [2.45, 2.75) is 44.6 Å². The molecule has 1 aromatic carbocycles. The second-order valence-corrected chi connectivity index (χ2v) is 5.83. The SMILES string of the molecule is CCc1cc(C(C)NC(=O)C2(c3ccccc3F)CC2)on1. The first kappa shape index (κ1) is 14.8. The summed E-state index contributed by atoms with van der Waals surface area (Å²) in [6.45, 7) is 3.83. The normalized spacial score (nSPS) is 17.0. The molecule has 3 rings (SSSR count). The first-order valence-electron chi connectivity index (χ1n) is 7.58. The van der Waals surface area contributed by atoms with Gasteiger partial charge in [0.1, 0.15) is 5.82 Å². The number of carbonyl (C=O) groups is 1. The van der Waals surface area contributed by atoms with Gasteiger partial charge in [-0.05, 0) is 32.3 Å². The lowest BCUT2D eigenvalue weighted by Gasteiger charge is -2.19. The van der Waals surface area contributed by atoms with Crippen LogP contribution in [-0.4, -0.2) is 11.1 Å². The molecule has 1 heterocycles. The molecule has 1 aliphatic rings. The topological polar surface area (TPSA) is 55.1 Å². The summed E-state index contributed by atoms with van der Waals surface area (Å²) in [7, 11) is 0. The van der Waals surface area contributed by atoms with E-state index in [-0.39, 0.29) is 17.8 Å². The third kappa shape index (κ3) is 2.51. The molecule has 1 fully saturated rings. The molecule has 0 radical (unpaired) electrons. The average molecular weight is 302 g/mol. The molecule has 0 spiro atoms. The van der Waals surface area contributed by atoms with Gasteiger partial charge in [0.15, 0.2) is 5.76 Å². The van der Waals surface area contributed by atoms with E-state index in [2.05, 4.69) is 10.5 Å². The number of rotatable bonds is 5. The third-order valence-electron chi connectivity index (χ3n) is 4.29. The largest absolute Gasteiger partial charge is 0.359 e. The number of halogens is 1. The fourth-order valence-electron chi connectivity index (χ4n) is 2.70. The second-order valence-electron chi connectivity index (χ2n) is 5.83. The van der Waals surface area contributed by atoms with Crippen LogP contribution < -0.4 is 5.32 Å². The van der Waals surface area contributed by atoms with Crippen LogP contribution in [0.1, 0.15) is 49.7 Å². The van der Waals surface area contributed by atoms with Crippen molar-refractivity contribution in [1.29, 1.82) is 0 Å². The Balaban J connectivity index is 1.75. The Hall–Kier alpha value is -2.17. The summed E-state index contributed by atoms with van der Waals surface area (Å²) in [4.78, 5) is 12.6. The summed E-state index contributed by atoms with van der Waals surface area (Å²) >= 11 is 0. The maximum atomic E-state index is 14.0. The van der Waals surface area contributed by atoms with Crippen molar-refractivity contribution in [3.63, 3.8) is 0 Å². The number of amides is 1. The molecule has 0 saturated heterocycles. The Morgan fingerprint density at radius 2 is 2.18 bits per heavy atom. The van der Waals surface area contributed by atoms with Gasteiger partial charge in [-0.1, -0.05) is 30.3 Å². The van der Waals surface area contributed by atoms with E-state index in [1.165, 1.54) is 6.07 Å². The highest BCUT2D eigenvalue weighted by Gasteiger charge is 2.53. The fourth-order valence-corrected chi connectivity index (χ4v) is 2.70. The summed E-state index contributed by atoms with van der Waals surface area (Å²) in [6, 6.07) is 8.04. The third-order valence-corrected chi connectivity index (χ3v) is 4.29. The lowest BCUT2D eigenvalue weighted by molar-refractivity contribution is -0.124. The maximum absolute atomic E-state index is 14.0. The molecule has 4 nitrogen and oxygen atoms in total. The standard InChI is InChI=1S/C17H19FN2O2/c1-3-12-10-15(22-20-12)11(2)19-16(21)17(8-9-17)13-6-4-5-7-14(13)18/h4-7,10-11H,3,8-9H2,1-2H3,(H,19,21). The Kier molecular flexibility index (Phi) is 3.72. The first-order valence-corrected chi connectivity index (χ1v) is 7.58. The number of aromatic nitrogens is 1. The molecule has 1 N–H and O–H groups in total. The van der Waals surface area contributed by atoms with Crippen LogP contribution in [0.4, 0.5) is 4.39 Å². The van der Waals surface area contributed by atoms with Crippen molar-refractivity contribution in [3.05, 3.63) is 53.2 Å². The number of nitrogens with zero attached hydrogens (tertiary/aromatic N) is 1. The highest BCUT2D eigenvalue weighted by atomic mass is 19.1. The van der Waals surface area contributed by atoms with Gasteiger partial charge < -0.3 is 9.84 Å². The van der Waals surface area contributed by atoms with Crippen molar-refractivity contribution in [2.75, 3.05) is 0 Å². The molecular formula is C17H19FN2O2. The highest BCUT2D eigenvalue weighted by molar-refractivity contribution is 5.91. The van der Waals surface area contributed by atoms with Gasteiger partial charge in [-0.3, -0.25) is 4.79 Å². The van der Waals surface area contributed by atoms with E-state index in [0.717, 1.165) is 12.1 Å². The van der Waals surface area contributed by atoms with Crippen molar-refractivity contribution < 1.29 is 13.7 Å². The van der Waals surface area contributed by atoms with Gasteiger partial charge in [0.25, 0.3) is 0 Å². The van der Waals surface area contributed by atoms with Crippen LogP contribution in [0.3, 0.4) is 0 Å². The average Bonchev–Trinajstić information content (AvgIpc) is 3.17. The lowest BCUT2D eigenvalue weighted by atomic mass is 9.94. The van der Waals surface area contributed by atoms with E-state index in [9.17, 15) is 9.18 Å². The molecule has 0 bridgehead atoms. The molecular weight excluding hydrogens is 283 g/mol. The molecule has 1 saturated carbocycles. The zero-order valence-corrected chi connectivity index (χ0v) is 12.7. The monoisotopic (exact) mass is 302 g/mol. The number of nitrogens with one attached hydrogen (secondary N) is 1. The van der Waals surface area contributed by atoms with E-state index >= 15 is 0 Å².